The Labute approximate surface area is 110 Å². The van der Waals surface area contributed by atoms with Crippen molar-refractivity contribution >= 4 is 6.09 Å². The molecule has 104 valence electrons. The van der Waals surface area contributed by atoms with Crippen molar-refractivity contribution in [3.05, 3.63) is 12.2 Å². The number of rotatable bonds is 2. The van der Waals surface area contributed by atoms with Crippen LogP contribution in [0.4, 0.5) is 4.79 Å². The average Bonchev–Trinajstić information content (AvgIpc) is 2.48. The minimum atomic E-state index is -0.620. The molecule has 1 aliphatic heterocycles. The van der Waals surface area contributed by atoms with Gasteiger partial charge in [-0.25, -0.2) is 4.79 Å². The van der Waals surface area contributed by atoms with Crippen molar-refractivity contribution in [3.8, 4) is 0 Å². The largest absolute Gasteiger partial charge is 0.444 e. The molecule has 0 saturated carbocycles. The highest BCUT2D eigenvalue weighted by Gasteiger charge is 2.44. The van der Waals surface area contributed by atoms with Crippen LogP contribution in [-0.4, -0.2) is 35.0 Å². The van der Waals surface area contributed by atoms with Gasteiger partial charge in [0, 0.05) is 0 Å². The summed E-state index contributed by atoms with van der Waals surface area (Å²) in [4.78, 5) is 13.9. The predicted octanol–water partition coefficient (Wildman–Crippen LogP) is 3.32. The normalized spacial score (nSPS) is 23.7. The van der Waals surface area contributed by atoms with Crippen LogP contribution >= 0.6 is 0 Å². The zero-order chi connectivity index (χ0) is 14.0. The lowest BCUT2D eigenvalue weighted by Crippen LogP contribution is -2.49. The van der Waals surface area contributed by atoms with E-state index in [9.17, 15) is 4.79 Å². The molecule has 0 aromatic carbocycles. The van der Waals surface area contributed by atoms with E-state index in [1.165, 1.54) is 0 Å². The molecule has 1 atom stereocenters. The molecule has 0 unspecified atom stereocenters. The highest BCUT2D eigenvalue weighted by Crippen LogP contribution is 2.29. The molecule has 0 aromatic heterocycles. The lowest BCUT2D eigenvalue weighted by molar-refractivity contribution is -0.0610. The van der Waals surface area contributed by atoms with E-state index in [4.69, 9.17) is 9.47 Å². The second-order valence-electron chi connectivity index (χ2n) is 6.01. The van der Waals surface area contributed by atoms with Crippen molar-refractivity contribution in [1.82, 2.24) is 4.90 Å². The van der Waals surface area contributed by atoms with Gasteiger partial charge in [0.2, 0.25) is 0 Å². The molecular weight excluding hydrogens is 230 g/mol. The van der Waals surface area contributed by atoms with E-state index in [1.54, 1.807) is 4.90 Å². The third kappa shape index (κ3) is 3.73. The van der Waals surface area contributed by atoms with Crippen LogP contribution in [0.25, 0.3) is 0 Å². The molecule has 1 amide bonds. The molecule has 0 bridgehead atoms. The Hall–Kier alpha value is -1.03. The number of allylic oxidation sites excluding steroid dienone is 1. The summed E-state index contributed by atoms with van der Waals surface area (Å²) in [5.74, 6) is 0. The van der Waals surface area contributed by atoms with Crippen LogP contribution in [0.2, 0.25) is 0 Å². The number of carbonyl (C=O) groups is 1. The standard InChI is InChI=1S/C14H25NO3/c1-7-8-9-11-10-17-14(5,6)15(11)12(16)18-13(2,3)4/h8-9,11H,7,10H2,1-6H3/t11-/m0/s1. The van der Waals surface area contributed by atoms with E-state index in [2.05, 4.69) is 6.92 Å². The van der Waals surface area contributed by atoms with E-state index < -0.39 is 11.3 Å². The van der Waals surface area contributed by atoms with Gasteiger partial charge < -0.3 is 9.47 Å². The molecule has 0 radical (unpaired) electrons. The highest BCUT2D eigenvalue weighted by atomic mass is 16.6. The number of hydrogen-bond donors (Lipinski definition) is 0. The first-order valence-corrected chi connectivity index (χ1v) is 6.50. The van der Waals surface area contributed by atoms with Gasteiger partial charge in [-0.15, -0.1) is 0 Å². The Bertz CT molecular complexity index is 328. The Morgan fingerprint density at radius 2 is 2.11 bits per heavy atom. The fourth-order valence-electron chi connectivity index (χ4n) is 1.93. The summed E-state index contributed by atoms with van der Waals surface area (Å²) in [5.41, 5.74) is -1.11. The molecule has 0 spiro atoms. The Morgan fingerprint density at radius 3 is 2.61 bits per heavy atom. The quantitative estimate of drug-likeness (QED) is 0.710. The maximum Gasteiger partial charge on any atom is 0.413 e. The first kappa shape index (κ1) is 15.0. The van der Waals surface area contributed by atoms with E-state index in [1.807, 2.05) is 46.8 Å². The predicted molar refractivity (Wildman–Crippen MR) is 71.3 cm³/mol. The number of amides is 1. The van der Waals surface area contributed by atoms with E-state index in [0.29, 0.717) is 6.61 Å². The minimum Gasteiger partial charge on any atom is -0.444 e. The topological polar surface area (TPSA) is 38.8 Å². The molecule has 1 rings (SSSR count). The van der Waals surface area contributed by atoms with Crippen LogP contribution < -0.4 is 0 Å². The summed E-state index contributed by atoms with van der Waals surface area (Å²) in [5, 5.41) is 0. The molecule has 1 heterocycles. The average molecular weight is 255 g/mol. The second kappa shape index (κ2) is 5.31. The summed E-state index contributed by atoms with van der Waals surface area (Å²) in [6, 6.07) is -0.0465. The zero-order valence-corrected chi connectivity index (χ0v) is 12.3. The fraction of sp³-hybridized carbons (Fsp3) is 0.786. The van der Waals surface area contributed by atoms with Gasteiger partial charge >= 0.3 is 6.09 Å². The first-order valence-electron chi connectivity index (χ1n) is 6.50. The lowest BCUT2D eigenvalue weighted by Gasteiger charge is -2.34. The van der Waals surface area contributed by atoms with Gasteiger partial charge in [0.05, 0.1) is 12.6 Å². The van der Waals surface area contributed by atoms with Crippen molar-refractivity contribution < 1.29 is 14.3 Å². The van der Waals surface area contributed by atoms with E-state index >= 15 is 0 Å². The van der Waals surface area contributed by atoms with Gasteiger partial charge in [-0.2, -0.15) is 0 Å². The van der Waals surface area contributed by atoms with Gasteiger partial charge in [-0.3, -0.25) is 4.90 Å². The Balaban J connectivity index is 2.85. The Kier molecular flexibility index (Phi) is 4.43. The van der Waals surface area contributed by atoms with Crippen molar-refractivity contribution in [2.45, 2.75) is 65.3 Å². The molecule has 0 aliphatic carbocycles. The first-order chi connectivity index (χ1) is 8.17. The van der Waals surface area contributed by atoms with Crippen LogP contribution in [-0.2, 0) is 9.47 Å². The number of carbonyl (C=O) groups excluding carboxylic acids is 1. The van der Waals surface area contributed by atoms with Crippen molar-refractivity contribution in [2.24, 2.45) is 0 Å². The minimum absolute atomic E-state index is 0.0465. The van der Waals surface area contributed by atoms with Gasteiger partial charge in [0.1, 0.15) is 11.3 Å². The summed E-state index contributed by atoms with van der Waals surface area (Å²) < 4.78 is 11.1. The van der Waals surface area contributed by atoms with E-state index in [0.717, 1.165) is 6.42 Å². The monoisotopic (exact) mass is 255 g/mol. The zero-order valence-electron chi connectivity index (χ0n) is 12.3. The molecule has 18 heavy (non-hydrogen) atoms. The second-order valence-corrected chi connectivity index (χ2v) is 6.01. The van der Waals surface area contributed by atoms with Crippen LogP contribution in [0.5, 0.6) is 0 Å². The fourth-order valence-corrected chi connectivity index (χ4v) is 1.93. The number of ether oxygens (including phenoxy) is 2. The molecule has 4 nitrogen and oxygen atoms in total. The maximum absolute atomic E-state index is 12.2. The van der Waals surface area contributed by atoms with Crippen LogP contribution in [0.1, 0.15) is 48.0 Å². The smallest absolute Gasteiger partial charge is 0.413 e. The number of nitrogens with zero attached hydrogens (tertiary/aromatic N) is 1. The maximum atomic E-state index is 12.2. The summed E-state index contributed by atoms with van der Waals surface area (Å²) in [6.45, 7) is 12.0. The van der Waals surface area contributed by atoms with Gasteiger partial charge in [-0.05, 0) is 41.0 Å². The van der Waals surface area contributed by atoms with E-state index in [-0.39, 0.29) is 12.1 Å². The van der Waals surface area contributed by atoms with Crippen molar-refractivity contribution in [3.63, 3.8) is 0 Å². The third-order valence-corrected chi connectivity index (χ3v) is 2.70. The summed E-state index contributed by atoms with van der Waals surface area (Å²) >= 11 is 0. The molecule has 1 aliphatic rings. The van der Waals surface area contributed by atoms with Gasteiger partial charge in [0.15, 0.2) is 0 Å². The molecule has 4 heteroatoms. The van der Waals surface area contributed by atoms with Crippen LogP contribution in [0.3, 0.4) is 0 Å². The van der Waals surface area contributed by atoms with Gasteiger partial charge in [0.25, 0.3) is 0 Å². The molecule has 1 saturated heterocycles. The molecular formula is C14H25NO3. The van der Waals surface area contributed by atoms with Gasteiger partial charge in [-0.1, -0.05) is 19.1 Å². The highest BCUT2D eigenvalue weighted by molar-refractivity contribution is 5.70. The SMILES string of the molecule is CCC=C[C@H]1COC(C)(C)N1C(=O)OC(C)(C)C. The van der Waals surface area contributed by atoms with Crippen LogP contribution in [0, 0.1) is 0 Å². The molecule has 0 N–H and O–H groups in total. The van der Waals surface area contributed by atoms with Crippen LogP contribution in [0.15, 0.2) is 12.2 Å². The summed E-state index contributed by atoms with van der Waals surface area (Å²) in [7, 11) is 0. The Morgan fingerprint density at radius 1 is 1.50 bits per heavy atom. The lowest BCUT2D eigenvalue weighted by atomic mass is 10.2. The van der Waals surface area contributed by atoms with Crippen molar-refractivity contribution in [1.29, 1.82) is 0 Å². The molecule has 0 aromatic rings. The third-order valence-electron chi connectivity index (χ3n) is 2.70. The summed E-state index contributed by atoms with van der Waals surface area (Å²) in [6.07, 6.45) is 4.68. The number of hydrogen-bond acceptors (Lipinski definition) is 3. The molecule has 1 fully saturated rings. The van der Waals surface area contributed by atoms with Crippen molar-refractivity contribution in [2.75, 3.05) is 6.61 Å².